The minimum Gasteiger partial charge on any atom is -0.339 e. The molecule has 0 atom stereocenters. The lowest BCUT2D eigenvalue weighted by atomic mass is 10.0. The first-order valence-electron chi connectivity index (χ1n) is 11.0. The molecule has 1 aliphatic rings. The molecule has 8 heteroatoms. The zero-order valence-electron chi connectivity index (χ0n) is 18.6. The van der Waals surface area contributed by atoms with Crippen molar-refractivity contribution in [2.24, 2.45) is 0 Å². The van der Waals surface area contributed by atoms with Crippen molar-refractivity contribution < 1.29 is 14.5 Å². The quantitative estimate of drug-likeness (QED) is 0.499. The van der Waals surface area contributed by atoms with Crippen molar-refractivity contribution >= 4 is 23.2 Å². The Labute approximate surface area is 188 Å². The van der Waals surface area contributed by atoms with Gasteiger partial charge < -0.3 is 10.2 Å². The first kappa shape index (κ1) is 23.4. The summed E-state index contributed by atoms with van der Waals surface area (Å²) in [7, 11) is 0. The van der Waals surface area contributed by atoms with E-state index in [4.69, 9.17) is 0 Å². The molecular formula is C24H30N4O4. The third kappa shape index (κ3) is 5.91. The summed E-state index contributed by atoms with van der Waals surface area (Å²) < 4.78 is 0. The van der Waals surface area contributed by atoms with Crippen LogP contribution in [0.1, 0.15) is 42.1 Å². The number of nitrogens with one attached hydrogen (secondary N) is 1. The largest absolute Gasteiger partial charge is 0.339 e. The van der Waals surface area contributed by atoms with E-state index >= 15 is 0 Å². The highest BCUT2D eigenvalue weighted by molar-refractivity contribution is 5.95. The lowest BCUT2D eigenvalue weighted by Crippen LogP contribution is -2.49. The van der Waals surface area contributed by atoms with Gasteiger partial charge in [-0.3, -0.25) is 24.6 Å². The minimum absolute atomic E-state index is 0.0375. The van der Waals surface area contributed by atoms with Crippen molar-refractivity contribution in [1.29, 1.82) is 0 Å². The van der Waals surface area contributed by atoms with E-state index in [2.05, 4.69) is 17.1 Å². The molecule has 0 spiro atoms. The highest BCUT2D eigenvalue weighted by Gasteiger charge is 2.28. The molecule has 1 saturated heterocycles. The van der Waals surface area contributed by atoms with Crippen molar-refractivity contribution in [3.05, 3.63) is 69.8 Å². The second-order valence-electron chi connectivity index (χ2n) is 8.19. The number of anilines is 1. The van der Waals surface area contributed by atoms with Gasteiger partial charge in [0, 0.05) is 30.8 Å². The predicted octanol–water partition coefficient (Wildman–Crippen LogP) is 3.86. The van der Waals surface area contributed by atoms with Crippen LogP contribution in [0.3, 0.4) is 0 Å². The van der Waals surface area contributed by atoms with Crippen LogP contribution < -0.4 is 5.32 Å². The van der Waals surface area contributed by atoms with E-state index in [1.165, 1.54) is 6.07 Å². The van der Waals surface area contributed by atoms with E-state index in [1.54, 1.807) is 19.1 Å². The highest BCUT2D eigenvalue weighted by Crippen LogP contribution is 2.25. The summed E-state index contributed by atoms with van der Waals surface area (Å²) in [5, 5.41) is 14.0. The lowest BCUT2D eigenvalue weighted by molar-refractivity contribution is -0.384. The lowest BCUT2D eigenvalue weighted by Gasteiger charge is -2.38. The standard InChI is InChI=1S/C24H30N4O4/c1-3-13-27(17-23(29)25-21-10-9-18(2)16-22(21)28(31)32)20-11-14-26(15-12-20)24(30)19-7-5-4-6-8-19/h4-10,16,20H,3,11-15,17H2,1-2H3,(H,25,29). The summed E-state index contributed by atoms with van der Waals surface area (Å²) in [5.74, 6) is -0.233. The Bertz CT molecular complexity index is 956. The second kappa shape index (κ2) is 10.9. The Morgan fingerprint density at radius 1 is 1.16 bits per heavy atom. The number of aryl methyl sites for hydroxylation is 1. The maximum Gasteiger partial charge on any atom is 0.293 e. The van der Waals surface area contributed by atoms with Crippen molar-refractivity contribution in [2.45, 2.75) is 39.2 Å². The van der Waals surface area contributed by atoms with E-state index in [0.29, 0.717) is 18.7 Å². The monoisotopic (exact) mass is 438 g/mol. The summed E-state index contributed by atoms with van der Waals surface area (Å²) in [6.07, 6.45) is 2.47. The van der Waals surface area contributed by atoms with Crippen molar-refractivity contribution in [3.63, 3.8) is 0 Å². The molecule has 170 valence electrons. The smallest absolute Gasteiger partial charge is 0.293 e. The molecule has 2 aromatic rings. The third-order valence-corrected chi connectivity index (χ3v) is 5.77. The summed E-state index contributed by atoms with van der Waals surface area (Å²) in [5.41, 5.74) is 1.56. The van der Waals surface area contributed by atoms with E-state index in [0.717, 1.165) is 31.4 Å². The Morgan fingerprint density at radius 3 is 2.47 bits per heavy atom. The molecule has 0 unspecified atom stereocenters. The number of nitro benzene ring substituents is 1. The Kier molecular flexibility index (Phi) is 7.94. The molecule has 0 saturated carbocycles. The van der Waals surface area contributed by atoms with Gasteiger partial charge >= 0.3 is 0 Å². The van der Waals surface area contributed by atoms with Gasteiger partial charge in [-0.05, 0) is 56.5 Å². The van der Waals surface area contributed by atoms with Gasteiger partial charge in [-0.2, -0.15) is 0 Å². The maximum atomic E-state index is 12.7. The van der Waals surface area contributed by atoms with Gasteiger partial charge in [-0.25, -0.2) is 0 Å². The molecule has 0 aromatic heterocycles. The molecule has 1 aliphatic heterocycles. The van der Waals surface area contributed by atoms with Crippen LogP contribution in [0.2, 0.25) is 0 Å². The molecule has 3 rings (SSSR count). The summed E-state index contributed by atoms with van der Waals surface area (Å²) in [6.45, 7) is 6.03. The molecule has 0 bridgehead atoms. The number of hydrogen-bond acceptors (Lipinski definition) is 5. The number of carbonyl (C=O) groups excluding carboxylic acids is 2. The number of piperidine rings is 1. The van der Waals surface area contributed by atoms with Crippen LogP contribution in [0.25, 0.3) is 0 Å². The number of likely N-dealkylation sites (tertiary alicyclic amines) is 1. The van der Waals surface area contributed by atoms with Gasteiger partial charge in [0.05, 0.1) is 11.5 Å². The summed E-state index contributed by atoms with van der Waals surface area (Å²) in [6, 6.07) is 14.2. The molecule has 0 radical (unpaired) electrons. The molecule has 1 heterocycles. The molecule has 0 aliphatic carbocycles. The van der Waals surface area contributed by atoms with Crippen LogP contribution in [-0.4, -0.2) is 58.8 Å². The Balaban J connectivity index is 1.60. The van der Waals surface area contributed by atoms with Crippen molar-refractivity contribution in [2.75, 3.05) is 31.5 Å². The zero-order valence-corrected chi connectivity index (χ0v) is 18.6. The third-order valence-electron chi connectivity index (χ3n) is 5.77. The second-order valence-corrected chi connectivity index (χ2v) is 8.19. The normalized spacial score (nSPS) is 14.4. The maximum absolute atomic E-state index is 12.7. The van der Waals surface area contributed by atoms with Gasteiger partial charge in [0.15, 0.2) is 0 Å². The van der Waals surface area contributed by atoms with Gasteiger partial charge in [-0.15, -0.1) is 0 Å². The number of hydrogen-bond donors (Lipinski definition) is 1. The number of carbonyl (C=O) groups is 2. The van der Waals surface area contributed by atoms with E-state index in [-0.39, 0.29) is 35.8 Å². The van der Waals surface area contributed by atoms with Crippen molar-refractivity contribution in [1.82, 2.24) is 9.80 Å². The number of nitro groups is 1. The Hall–Kier alpha value is -3.26. The fraction of sp³-hybridized carbons (Fsp3) is 0.417. The molecule has 2 amide bonds. The first-order chi connectivity index (χ1) is 15.4. The van der Waals surface area contributed by atoms with E-state index in [1.807, 2.05) is 35.2 Å². The summed E-state index contributed by atoms with van der Waals surface area (Å²) >= 11 is 0. The average molecular weight is 439 g/mol. The molecule has 32 heavy (non-hydrogen) atoms. The van der Waals surface area contributed by atoms with Gasteiger partial charge in [0.1, 0.15) is 5.69 Å². The van der Waals surface area contributed by atoms with E-state index < -0.39 is 4.92 Å². The molecule has 1 N–H and O–H groups in total. The number of nitrogens with zero attached hydrogens (tertiary/aromatic N) is 3. The molecule has 8 nitrogen and oxygen atoms in total. The fourth-order valence-electron chi connectivity index (χ4n) is 4.15. The zero-order chi connectivity index (χ0) is 23.1. The topological polar surface area (TPSA) is 95.8 Å². The van der Waals surface area contributed by atoms with E-state index in [9.17, 15) is 19.7 Å². The molecular weight excluding hydrogens is 408 g/mol. The van der Waals surface area contributed by atoms with Gasteiger partial charge in [-0.1, -0.05) is 31.2 Å². The van der Waals surface area contributed by atoms with Gasteiger partial charge in [0.25, 0.3) is 11.6 Å². The molecule has 2 aromatic carbocycles. The van der Waals surface area contributed by atoms with Crippen LogP contribution in [0.15, 0.2) is 48.5 Å². The predicted molar refractivity (Wildman–Crippen MR) is 124 cm³/mol. The van der Waals surface area contributed by atoms with Crippen LogP contribution in [0.4, 0.5) is 11.4 Å². The highest BCUT2D eigenvalue weighted by atomic mass is 16.6. The minimum atomic E-state index is -0.480. The fourth-order valence-corrected chi connectivity index (χ4v) is 4.15. The number of amides is 2. The van der Waals surface area contributed by atoms with Crippen LogP contribution >= 0.6 is 0 Å². The molecule has 1 fully saturated rings. The van der Waals surface area contributed by atoms with Crippen LogP contribution in [0.5, 0.6) is 0 Å². The number of rotatable bonds is 8. The first-order valence-corrected chi connectivity index (χ1v) is 11.0. The van der Waals surface area contributed by atoms with Crippen LogP contribution in [0, 0.1) is 17.0 Å². The SMILES string of the molecule is CCCN(CC(=O)Nc1ccc(C)cc1[N+](=O)[O-])C1CCN(C(=O)c2ccccc2)CC1. The van der Waals surface area contributed by atoms with Crippen molar-refractivity contribution in [3.8, 4) is 0 Å². The number of benzene rings is 2. The van der Waals surface area contributed by atoms with Crippen LogP contribution in [-0.2, 0) is 4.79 Å². The average Bonchev–Trinajstić information content (AvgIpc) is 2.80. The summed E-state index contributed by atoms with van der Waals surface area (Å²) in [4.78, 5) is 40.2. The van der Waals surface area contributed by atoms with Gasteiger partial charge in [0.2, 0.25) is 5.91 Å². The Morgan fingerprint density at radius 2 is 1.84 bits per heavy atom.